The van der Waals surface area contributed by atoms with Crippen molar-refractivity contribution in [1.82, 2.24) is 10.6 Å². The van der Waals surface area contributed by atoms with Crippen molar-refractivity contribution >= 4 is 47.4 Å². The lowest BCUT2D eigenvalue weighted by atomic mass is 9.99. The molecule has 1 aromatic carbocycles. The van der Waals surface area contributed by atoms with Crippen LogP contribution in [0, 0.1) is 0 Å². The predicted octanol–water partition coefficient (Wildman–Crippen LogP) is 3.75. The van der Waals surface area contributed by atoms with E-state index in [9.17, 15) is 0 Å². The van der Waals surface area contributed by atoms with Gasteiger partial charge in [-0.15, -0.1) is 24.0 Å². The van der Waals surface area contributed by atoms with Gasteiger partial charge in [0, 0.05) is 55.4 Å². The lowest BCUT2D eigenvalue weighted by Crippen LogP contribution is -2.51. The molecule has 8 heteroatoms. The summed E-state index contributed by atoms with van der Waals surface area (Å²) >= 11 is 1.94. The van der Waals surface area contributed by atoms with Gasteiger partial charge in [-0.05, 0) is 51.0 Å². The van der Waals surface area contributed by atoms with Crippen molar-refractivity contribution in [2.75, 3.05) is 57.7 Å². The molecule has 170 valence electrons. The number of rotatable bonds is 7. The van der Waals surface area contributed by atoms with Crippen LogP contribution in [0.3, 0.4) is 0 Å². The van der Waals surface area contributed by atoms with Crippen molar-refractivity contribution in [3.63, 3.8) is 0 Å². The van der Waals surface area contributed by atoms with Crippen LogP contribution in [-0.2, 0) is 4.74 Å². The molecule has 2 saturated heterocycles. The van der Waals surface area contributed by atoms with E-state index in [0.29, 0.717) is 6.04 Å². The van der Waals surface area contributed by atoms with E-state index in [0.717, 1.165) is 70.4 Å². The maximum Gasteiger partial charge on any atom is 0.191 e. The number of guanidine groups is 1. The van der Waals surface area contributed by atoms with E-state index in [1.165, 1.54) is 12.1 Å². The fraction of sp³-hybridized carbons (Fsp3) is 0.682. The topological polar surface area (TPSA) is 58.1 Å². The third-order valence-electron chi connectivity index (χ3n) is 5.89. The molecule has 1 aromatic rings. The quantitative estimate of drug-likeness (QED) is 0.308. The first-order valence-corrected chi connectivity index (χ1v) is 12.0. The van der Waals surface area contributed by atoms with Crippen LogP contribution in [0.15, 0.2) is 29.3 Å². The molecule has 2 heterocycles. The first-order chi connectivity index (χ1) is 14.2. The van der Waals surface area contributed by atoms with E-state index in [1.54, 1.807) is 7.11 Å². The Morgan fingerprint density at radius 1 is 1.37 bits per heavy atom. The number of hydrogen-bond donors (Lipinski definition) is 2. The smallest absolute Gasteiger partial charge is 0.191 e. The molecule has 30 heavy (non-hydrogen) atoms. The SMILES string of the molecule is CCNC(=NCC1(SC)CCOCC1)NC1CCCN(c2cccc(OC)c2)C1.I. The van der Waals surface area contributed by atoms with Crippen LogP contribution in [0.5, 0.6) is 5.75 Å². The van der Waals surface area contributed by atoms with E-state index in [1.807, 2.05) is 17.8 Å². The van der Waals surface area contributed by atoms with Crippen LogP contribution in [0.25, 0.3) is 0 Å². The second-order valence-electron chi connectivity index (χ2n) is 7.83. The number of ether oxygens (including phenoxy) is 2. The summed E-state index contributed by atoms with van der Waals surface area (Å²) in [4.78, 5) is 7.42. The Labute approximate surface area is 203 Å². The molecule has 1 unspecified atom stereocenters. The van der Waals surface area contributed by atoms with Gasteiger partial charge in [0.25, 0.3) is 0 Å². The lowest BCUT2D eigenvalue weighted by molar-refractivity contribution is 0.0794. The van der Waals surface area contributed by atoms with Crippen LogP contribution in [0.4, 0.5) is 5.69 Å². The molecule has 0 spiro atoms. The van der Waals surface area contributed by atoms with Gasteiger partial charge in [0.15, 0.2) is 5.96 Å². The van der Waals surface area contributed by atoms with E-state index in [2.05, 4.69) is 46.9 Å². The highest BCUT2D eigenvalue weighted by atomic mass is 127. The average Bonchev–Trinajstić information content (AvgIpc) is 2.78. The van der Waals surface area contributed by atoms with Crippen LogP contribution in [0.2, 0.25) is 0 Å². The summed E-state index contributed by atoms with van der Waals surface area (Å²) in [6, 6.07) is 8.73. The van der Waals surface area contributed by atoms with Gasteiger partial charge in [-0.2, -0.15) is 11.8 Å². The number of piperidine rings is 1. The maximum absolute atomic E-state index is 5.57. The van der Waals surface area contributed by atoms with Gasteiger partial charge in [0.05, 0.1) is 13.7 Å². The summed E-state index contributed by atoms with van der Waals surface area (Å²) < 4.78 is 11.2. The highest BCUT2D eigenvalue weighted by Gasteiger charge is 2.32. The van der Waals surface area contributed by atoms with E-state index >= 15 is 0 Å². The molecule has 6 nitrogen and oxygen atoms in total. The van der Waals surface area contributed by atoms with Gasteiger partial charge in [-0.1, -0.05) is 6.07 Å². The summed E-state index contributed by atoms with van der Waals surface area (Å²) in [5.41, 5.74) is 1.22. The van der Waals surface area contributed by atoms with Crippen molar-refractivity contribution in [2.24, 2.45) is 4.99 Å². The molecule has 0 radical (unpaired) electrons. The molecule has 1 atom stereocenters. The molecule has 2 fully saturated rings. The van der Waals surface area contributed by atoms with Gasteiger partial charge >= 0.3 is 0 Å². The standard InChI is InChI=1S/C22H36N4O2S.HI/c1-4-23-21(24-17-22(29-3)10-13-28-14-11-22)25-18-7-6-12-26(16-18)19-8-5-9-20(15-19)27-2;/h5,8-9,15,18H,4,6-7,10-14,16-17H2,1-3H3,(H2,23,24,25);1H. The van der Waals surface area contributed by atoms with Crippen molar-refractivity contribution < 1.29 is 9.47 Å². The number of nitrogens with one attached hydrogen (secondary N) is 2. The van der Waals surface area contributed by atoms with Crippen molar-refractivity contribution in [2.45, 2.75) is 43.4 Å². The van der Waals surface area contributed by atoms with Gasteiger partial charge in [0.1, 0.15) is 5.75 Å². The highest BCUT2D eigenvalue weighted by molar-refractivity contribution is 14.0. The first kappa shape index (κ1) is 25.4. The summed E-state index contributed by atoms with van der Waals surface area (Å²) in [5, 5.41) is 7.14. The fourth-order valence-corrected chi connectivity index (χ4v) is 4.81. The van der Waals surface area contributed by atoms with Crippen LogP contribution in [0.1, 0.15) is 32.6 Å². The Kier molecular flexibility index (Phi) is 10.9. The van der Waals surface area contributed by atoms with E-state index < -0.39 is 0 Å². The van der Waals surface area contributed by atoms with Crippen molar-refractivity contribution in [3.05, 3.63) is 24.3 Å². The monoisotopic (exact) mass is 548 g/mol. The predicted molar refractivity (Wildman–Crippen MR) is 139 cm³/mol. The Bertz CT molecular complexity index is 670. The fourth-order valence-electron chi connectivity index (χ4n) is 4.04. The summed E-state index contributed by atoms with van der Waals surface area (Å²) in [5.74, 6) is 1.84. The minimum absolute atomic E-state index is 0. The molecular weight excluding hydrogens is 511 g/mol. The highest BCUT2D eigenvalue weighted by Crippen LogP contribution is 2.34. The number of halogens is 1. The molecule has 0 bridgehead atoms. The molecule has 0 aliphatic carbocycles. The number of aliphatic imine (C=N–C) groups is 1. The number of hydrogen-bond acceptors (Lipinski definition) is 5. The molecule has 2 aliphatic heterocycles. The molecule has 0 amide bonds. The van der Waals surface area contributed by atoms with Gasteiger partial charge in [0.2, 0.25) is 0 Å². The zero-order valence-electron chi connectivity index (χ0n) is 18.5. The zero-order chi connectivity index (χ0) is 20.5. The average molecular weight is 549 g/mol. The number of methoxy groups -OCH3 is 1. The van der Waals surface area contributed by atoms with Gasteiger partial charge in [-0.3, -0.25) is 4.99 Å². The van der Waals surface area contributed by atoms with Crippen LogP contribution in [-0.4, -0.2) is 69.5 Å². The van der Waals surface area contributed by atoms with Gasteiger partial charge in [-0.25, -0.2) is 0 Å². The summed E-state index contributed by atoms with van der Waals surface area (Å²) in [6.45, 7) is 7.57. The molecule has 0 saturated carbocycles. The van der Waals surface area contributed by atoms with Crippen LogP contribution >= 0.6 is 35.7 Å². The number of anilines is 1. The van der Waals surface area contributed by atoms with Crippen LogP contribution < -0.4 is 20.3 Å². The zero-order valence-corrected chi connectivity index (χ0v) is 21.6. The second kappa shape index (κ2) is 12.9. The molecule has 0 aromatic heterocycles. The Morgan fingerprint density at radius 3 is 2.87 bits per heavy atom. The number of thioether (sulfide) groups is 1. The largest absolute Gasteiger partial charge is 0.497 e. The molecular formula is C22H37IN4O2S. The Balaban J connectivity index is 0.00000320. The Hall–Kier alpha value is -0.870. The molecule has 2 N–H and O–H groups in total. The normalized spacial score (nSPS) is 21.5. The molecule has 2 aliphatic rings. The number of benzene rings is 1. The van der Waals surface area contributed by atoms with Crippen molar-refractivity contribution in [3.8, 4) is 5.75 Å². The lowest BCUT2D eigenvalue weighted by Gasteiger charge is -2.36. The summed E-state index contributed by atoms with van der Waals surface area (Å²) in [7, 11) is 1.72. The third kappa shape index (κ3) is 7.09. The summed E-state index contributed by atoms with van der Waals surface area (Å²) in [6.07, 6.45) is 6.68. The minimum atomic E-state index is 0. The van der Waals surface area contributed by atoms with Gasteiger partial charge < -0.3 is 25.0 Å². The first-order valence-electron chi connectivity index (χ1n) is 10.7. The molecule has 3 rings (SSSR count). The minimum Gasteiger partial charge on any atom is -0.497 e. The van der Waals surface area contributed by atoms with E-state index in [-0.39, 0.29) is 28.7 Å². The van der Waals surface area contributed by atoms with E-state index in [4.69, 9.17) is 14.5 Å². The maximum atomic E-state index is 5.57. The second-order valence-corrected chi connectivity index (χ2v) is 9.10. The van der Waals surface area contributed by atoms with Crippen molar-refractivity contribution in [1.29, 1.82) is 0 Å². The number of nitrogens with zero attached hydrogens (tertiary/aromatic N) is 2. The third-order valence-corrected chi connectivity index (χ3v) is 7.29. The Morgan fingerprint density at radius 2 is 2.17 bits per heavy atom.